The second-order valence-electron chi connectivity index (χ2n) is 7.74. The summed E-state index contributed by atoms with van der Waals surface area (Å²) in [6, 6.07) is 8.26. The monoisotopic (exact) mass is 398 g/mol. The first-order chi connectivity index (χ1) is 13.8. The predicted molar refractivity (Wildman–Crippen MR) is 103 cm³/mol. The fourth-order valence-electron chi connectivity index (χ4n) is 3.29. The van der Waals surface area contributed by atoms with Gasteiger partial charge in [0.05, 0.1) is 19.3 Å². The van der Waals surface area contributed by atoms with Gasteiger partial charge < -0.3 is 19.6 Å². The second kappa shape index (κ2) is 7.19. The van der Waals surface area contributed by atoms with Crippen LogP contribution in [0.15, 0.2) is 36.7 Å². The molecule has 29 heavy (non-hydrogen) atoms. The molecule has 1 atom stereocenters. The molecule has 1 aliphatic rings. The van der Waals surface area contributed by atoms with Crippen LogP contribution in [0.1, 0.15) is 37.9 Å². The molecule has 10 nitrogen and oxygen atoms in total. The minimum Gasteiger partial charge on any atom is -0.487 e. The topological polar surface area (TPSA) is 110 Å². The number of rotatable bonds is 7. The zero-order valence-corrected chi connectivity index (χ0v) is 16.5. The normalized spacial score (nSPS) is 17.9. The molecule has 0 fully saturated rings. The van der Waals surface area contributed by atoms with Crippen LogP contribution >= 0.6 is 0 Å². The zero-order valence-electron chi connectivity index (χ0n) is 16.5. The Kier molecular flexibility index (Phi) is 4.69. The van der Waals surface area contributed by atoms with Crippen molar-refractivity contribution in [1.29, 1.82) is 0 Å². The van der Waals surface area contributed by atoms with E-state index in [0.29, 0.717) is 31.3 Å². The Morgan fingerprint density at radius 3 is 2.72 bits per heavy atom. The predicted octanol–water partition coefficient (Wildman–Crippen LogP) is 2.94. The summed E-state index contributed by atoms with van der Waals surface area (Å²) >= 11 is 0. The summed E-state index contributed by atoms with van der Waals surface area (Å²) in [7, 11) is 0. The molecular weight excluding hydrogens is 376 g/mol. The number of hydrogen-bond acceptors (Lipinski definition) is 7. The standard InChI is InChI=1S/C19H22N6O4/c1-13(2)14-4-6-16(7-5-14)28-10-15-8-24(22-21-15)12-19(3)11-23-9-17(25(26)27)20-18(23)29-19/h4-9,13H,10-12H2,1-3H3/t19-/m1/s1. The number of nitrogens with zero attached hydrogens (tertiary/aromatic N) is 6. The van der Waals surface area contributed by atoms with E-state index in [-0.39, 0.29) is 11.8 Å². The van der Waals surface area contributed by atoms with Crippen LogP contribution in [0.5, 0.6) is 11.8 Å². The van der Waals surface area contributed by atoms with Crippen molar-refractivity contribution < 1.29 is 14.4 Å². The van der Waals surface area contributed by atoms with Crippen molar-refractivity contribution in [2.24, 2.45) is 0 Å². The molecule has 10 heteroatoms. The van der Waals surface area contributed by atoms with Crippen molar-refractivity contribution in [2.45, 2.75) is 52.0 Å². The van der Waals surface area contributed by atoms with Gasteiger partial charge in [0.1, 0.15) is 29.8 Å². The molecule has 4 rings (SSSR count). The van der Waals surface area contributed by atoms with Crippen molar-refractivity contribution in [3.05, 3.63) is 58.0 Å². The highest BCUT2D eigenvalue weighted by Gasteiger charge is 2.41. The first-order valence-electron chi connectivity index (χ1n) is 9.34. The van der Waals surface area contributed by atoms with Gasteiger partial charge in [0.25, 0.3) is 0 Å². The van der Waals surface area contributed by atoms with Crippen molar-refractivity contribution >= 4 is 5.82 Å². The Bertz CT molecular complexity index is 1000. The van der Waals surface area contributed by atoms with Gasteiger partial charge in [-0.1, -0.05) is 31.2 Å². The molecule has 2 aromatic heterocycles. The van der Waals surface area contributed by atoms with Crippen molar-refractivity contribution in [1.82, 2.24) is 24.5 Å². The summed E-state index contributed by atoms with van der Waals surface area (Å²) in [5.74, 6) is 1.04. The minimum atomic E-state index is -0.615. The van der Waals surface area contributed by atoms with Crippen LogP contribution in [-0.4, -0.2) is 35.1 Å². The highest BCUT2D eigenvalue weighted by Crippen LogP contribution is 2.31. The number of ether oxygens (including phenoxy) is 2. The van der Waals surface area contributed by atoms with E-state index in [0.717, 1.165) is 5.75 Å². The lowest BCUT2D eigenvalue weighted by molar-refractivity contribution is -0.389. The van der Waals surface area contributed by atoms with Crippen LogP contribution in [0, 0.1) is 10.1 Å². The summed E-state index contributed by atoms with van der Waals surface area (Å²) in [6.07, 6.45) is 3.19. The molecule has 0 bridgehead atoms. The van der Waals surface area contributed by atoms with Gasteiger partial charge in [-0.25, -0.2) is 4.68 Å². The first-order valence-corrected chi connectivity index (χ1v) is 9.34. The SMILES string of the molecule is CC(C)c1ccc(OCc2cn(C[C@@]3(C)Cn4cc([N+](=O)[O-])nc4O3)nn2)cc1. The van der Waals surface area contributed by atoms with Crippen molar-refractivity contribution in [2.75, 3.05) is 0 Å². The van der Waals surface area contributed by atoms with Crippen molar-refractivity contribution in [3.8, 4) is 11.8 Å². The second-order valence-corrected chi connectivity index (χ2v) is 7.74. The summed E-state index contributed by atoms with van der Waals surface area (Å²) in [5, 5.41) is 19.1. The van der Waals surface area contributed by atoms with E-state index in [1.807, 2.05) is 19.1 Å². The summed E-state index contributed by atoms with van der Waals surface area (Å²) < 4.78 is 14.9. The van der Waals surface area contributed by atoms with Gasteiger partial charge in [0.15, 0.2) is 0 Å². The van der Waals surface area contributed by atoms with Crippen LogP contribution in [0.2, 0.25) is 0 Å². The third kappa shape index (κ3) is 4.05. The van der Waals surface area contributed by atoms with Gasteiger partial charge in [0.2, 0.25) is 0 Å². The Morgan fingerprint density at radius 1 is 1.31 bits per heavy atom. The largest absolute Gasteiger partial charge is 0.487 e. The van der Waals surface area contributed by atoms with Gasteiger partial charge in [-0.3, -0.25) is 4.57 Å². The molecule has 3 aromatic rings. The Hall–Kier alpha value is -3.43. The fraction of sp³-hybridized carbons (Fsp3) is 0.421. The van der Waals surface area contributed by atoms with E-state index in [2.05, 4.69) is 41.3 Å². The molecule has 0 saturated carbocycles. The molecule has 1 aromatic carbocycles. The number of imidazole rings is 1. The van der Waals surface area contributed by atoms with Crippen LogP contribution in [-0.2, 0) is 19.7 Å². The Labute approximate surface area is 167 Å². The highest BCUT2D eigenvalue weighted by molar-refractivity contribution is 5.29. The summed E-state index contributed by atoms with van der Waals surface area (Å²) in [4.78, 5) is 14.2. The van der Waals surface area contributed by atoms with Crippen LogP contribution in [0.3, 0.4) is 0 Å². The van der Waals surface area contributed by atoms with Crippen molar-refractivity contribution in [3.63, 3.8) is 0 Å². The van der Waals surface area contributed by atoms with Gasteiger partial charge >= 0.3 is 11.8 Å². The van der Waals surface area contributed by atoms with Gasteiger partial charge in [0, 0.05) is 4.98 Å². The Morgan fingerprint density at radius 2 is 2.07 bits per heavy atom. The molecular formula is C19H22N6O4. The molecule has 3 heterocycles. The molecule has 0 amide bonds. The zero-order chi connectivity index (χ0) is 20.6. The van der Waals surface area contributed by atoms with E-state index < -0.39 is 10.5 Å². The van der Waals surface area contributed by atoms with Gasteiger partial charge in [-0.05, 0) is 35.5 Å². The lowest BCUT2D eigenvalue weighted by atomic mass is 10.0. The number of hydrogen-bond donors (Lipinski definition) is 0. The van der Waals surface area contributed by atoms with Gasteiger partial charge in [-0.15, -0.1) is 5.10 Å². The summed E-state index contributed by atoms with van der Waals surface area (Å²) in [6.45, 7) is 7.39. The number of aromatic nitrogens is 5. The molecule has 0 saturated heterocycles. The molecule has 0 unspecified atom stereocenters. The fourth-order valence-corrected chi connectivity index (χ4v) is 3.29. The van der Waals surface area contributed by atoms with E-state index in [1.165, 1.54) is 11.8 Å². The third-order valence-electron chi connectivity index (χ3n) is 4.77. The third-order valence-corrected chi connectivity index (χ3v) is 4.77. The number of nitro groups is 1. The molecule has 0 radical (unpaired) electrons. The van der Waals surface area contributed by atoms with Crippen LogP contribution in [0.25, 0.3) is 0 Å². The molecule has 1 aliphatic heterocycles. The minimum absolute atomic E-state index is 0.219. The maximum Gasteiger partial charge on any atom is 0.415 e. The molecule has 0 N–H and O–H groups in total. The maximum absolute atomic E-state index is 10.8. The van der Waals surface area contributed by atoms with Gasteiger partial charge in [-0.2, -0.15) is 0 Å². The molecule has 0 spiro atoms. The summed E-state index contributed by atoms with van der Waals surface area (Å²) in [5.41, 5.74) is 1.35. The van der Waals surface area contributed by atoms with E-state index in [4.69, 9.17) is 9.47 Å². The van der Waals surface area contributed by atoms with E-state index in [9.17, 15) is 10.1 Å². The average molecular weight is 398 g/mol. The van der Waals surface area contributed by atoms with E-state index in [1.54, 1.807) is 15.4 Å². The molecule has 152 valence electrons. The van der Waals surface area contributed by atoms with E-state index >= 15 is 0 Å². The highest BCUT2D eigenvalue weighted by atomic mass is 16.6. The van der Waals surface area contributed by atoms with Crippen LogP contribution in [0.4, 0.5) is 5.82 Å². The smallest absolute Gasteiger partial charge is 0.415 e. The average Bonchev–Trinajstić information content (AvgIpc) is 3.34. The number of fused-ring (bicyclic) bond motifs is 1. The molecule has 0 aliphatic carbocycles. The lowest BCUT2D eigenvalue weighted by Gasteiger charge is -2.21. The quantitative estimate of drug-likeness (QED) is 0.444. The lowest BCUT2D eigenvalue weighted by Crippen LogP contribution is -2.36. The maximum atomic E-state index is 10.8. The first kappa shape index (κ1) is 18.9. The number of benzene rings is 1. The Balaban J connectivity index is 1.34. The van der Waals surface area contributed by atoms with Crippen LogP contribution < -0.4 is 9.47 Å².